The van der Waals surface area contributed by atoms with Crippen molar-refractivity contribution in [2.45, 2.75) is 0 Å². The van der Waals surface area contributed by atoms with Crippen LogP contribution in [0.1, 0.15) is 5.56 Å². The molecule has 82 valence electrons. The van der Waals surface area contributed by atoms with Gasteiger partial charge in [-0.1, -0.05) is 42.5 Å². The van der Waals surface area contributed by atoms with Gasteiger partial charge in [0.2, 0.25) is 0 Å². The van der Waals surface area contributed by atoms with Crippen LogP contribution in [0.4, 0.5) is 0 Å². The number of nitrogens with two attached hydrogens (primary N) is 1. The molecule has 2 aromatic rings. The van der Waals surface area contributed by atoms with Crippen LogP contribution < -0.4 is 10.5 Å². The highest BCUT2D eigenvalue weighted by atomic mass is 16.5. The zero-order valence-corrected chi connectivity index (χ0v) is 9.31. The number of methoxy groups -OCH3 is 1. The molecule has 0 heterocycles. The number of hydrogen-bond acceptors (Lipinski definition) is 2. The van der Waals surface area contributed by atoms with Crippen LogP contribution in [0.25, 0.3) is 16.8 Å². The molecule has 0 amide bonds. The van der Waals surface area contributed by atoms with E-state index in [-0.39, 0.29) is 0 Å². The number of hydrogen-bond donors (Lipinski definition) is 1. The molecule has 0 saturated heterocycles. The Balaban J connectivity index is 2.64. The van der Waals surface area contributed by atoms with Gasteiger partial charge in [-0.15, -0.1) is 0 Å². The lowest BCUT2D eigenvalue weighted by molar-refractivity contribution is 0.420. The molecule has 0 aliphatic heterocycles. The molecular formula is C14H15NO. The Labute approximate surface area is 95.3 Å². The summed E-state index contributed by atoms with van der Waals surface area (Å²) in [6.45, 7) is 0.556. The van der Waals surface area contributed by atoms with E-state index in [4.69, 9.17) is 10.5 Å². The zero-order chi connectivity index (χ0) is 11.4. The van der Waals surface area contributed by atoms with E-state index >= 15 is 0 Å². The molecule has 0 bridgehead atoms. The molecule has 0 spiro atoms. The quantitative estimate of drug-likeness (QED) is 0.850. The normalized spacial score (nSPS) is 11.1. The van der Waals surface area contributed by atoms with Crippen LogP contribution in [0.3, 0.4) is 0 Å². The summed E-state index contributed by atoms with van der Waals surface area (Å²) in [4.78, 5) is 0. The van der Waals surface area contributed by atoms with Gasteiger partial charge in [-0.05, 0) is 17.0 Å². The summed E-state index contributed by atoms with van der Waals surface area (Å²) in [5.74, 6) is 0.903. The molecule has 2 heteroatoms. The Hall–Kier alpha value is -1.80. The minimum absolute atomic E-state index is 0.556. The summed E-state index contributed by atoms with van der Waals surface area (Å²) in [5, 5.41) is 2.32. The van der Waals surface area contributed by atoms with Crippen molar-refractivity contribution in [2.75, 3.05) is 13.7 Å². The van der Waals surface area contributed by atoms with Crippen molar-refractivity contribution in [3.05, 3.63) is 48.0 Å². The van der Waals surface area contributed by atoms with Gasteiger partial charge in [0, 0.05) is 11.9 Å². The van der Waals surface area contributed by atoms with Crippen LogP contribution in [-0.4, -0.2) is 13.7 Å². The number of fused-ring (bicyclic) bond motifs is 1. The maximum absolute atomic E-state index is 5.47. The smallest absolute Gasteiger partial charge is 0.126 e. The first-order valence-corrected chi connectivity index (χ1v) is 5.29. The van der Waals surface area contributed by atoms with E-state index in [0.29, 0.717) is 6.54 Å². The van der Waals surface area contributed by atoms with E-state index in [2.05, 4.69) is 12.1 Å². The fourth-order valence-corrected chi connectivity index (χ4v) is 1.81. The molecule has 0 fully saturated rings. The van der Waals surface area contributed by atoms with Crippen molar-refractivity contribution in [2.24, 2.45) is 5.73 Å². The maximum Gasteiger partial charge on any atom is 0.126 e. The first kappa shape index (κ1) is 10.7. The van der Waals surface area contributed by atoms with Crippen molar-refractivity contribution < 1.29 is 4.74 Å². The minimum atomic E-state index is 0.556. The Morgan fingerprint density at radius 1 is 1.12 bits per heavy atom. The molecule has 2 rings (SSSR count). The van der Waals surface area contributed by atoms with Gasteiger partial charge in [0.25, 0.3) is 0 Å². The van der Waals surface area contributed by atoms with E-state index in [9.17, 15) is 0 Å². The largest absolute Gasteiger partial charge is 0.496 e. The van der Waals surface area contributed by atoms with Gasteiger partial charge in [-0.25, -0.2) is 0 Å². The second kappa shape index (κ2) is 4.81. The summed E-state index contributed by atoms with van der Waals surface area (Å²) >= 11 is 0. The van der Waals surface area contributed by atoms with Crippen molar-refractivity contribution in [3.8, 4) is 5.75 Å². The summed E-state index contributed by atoms with van der Waals surface area (Å²) in [6, 6.07) is 12.2. The average Bonchev–Trinajstić information content (AvgIpc) is 2.36. The van der Waals surface area contributed by atoms with Crippen LogP contribution in [0.2, 0.25) is 0 Å². The predicted octanol–water partition coefficient (Wildman–Crippen LogP) is 2.82. The molecule has 2 N–H and O–H groups in total. The Bertz CT molecular complexity index is 517. The highest BCUT2D eigenvalue weighted by Crippen LogP contribution is 2.28. The molecular weight excluding hydrogens is 198 g/mol. The third-order valence-electron chi connectivity index (χ3n) is 2.57. The number of rotatable bonds is 3. The van der Waals surface area contributed by atoms with Crippen LogP contribution in [0.5, 0.6) is 5.75 Å². The second-order valence-corrected chi connectivity index (χ2v) is 3.54. The Kier molecular flexibility index (Phi) is 3.22. The van der Waals surface area contributed by atoms with Crippen LogP contribution in [0.15, 0.2) is 42.5 Å². The van der Waals surface area contributed by atoms with Crippen molar-refractivity contribution >= 4 is 16.8 Å². The third-order valence-corrected chi connectivity index (χ3v) is 2.57. The minimum Gasteiger partial charge on any atom is -0.496 e. The number of benzene rings is 2. The van der Waals surface area contributed by atoms with Crippen molar-refractivity contribution in [1.82, 2.24) is 0 Å². The van der Waals surface area contributed by atoms with E-state index < -0.39 is 0 Å². The highest BCUT2D eigenvalue weighted by molar-refractivity contribution is 5.94. The van der Waals surface area contributed by atoms with Gasteiger partial charge in [-0.3, -0.25) is 0 Å². The molecule has 2 aromatic carbocycles. The van der Waals surface area contributed by atoms with Gasteiger partial charge in [0.1, 0.15) is 5.75 Å². The topological polar surface area (TPSA) is 35.2 Å². The van der Waals surface area contributed by atoms with E-state index in [1.165, 1.54) is 10.9 Å². The summed E-state index contributed by atoms with van der Waals surface area (Å²) in [5.41, 5.74) is 6.63. The predicted molar refractivity (Wildman–Crippen MR) is 68.6 cm³/mol. The lowest BCUT2D eigenvalue weighted by Crippen LogP contribution is -1.92. The standard InChI is InChI=1S/C14H15NO/c1-16-14-9-8-11(5-4-10-15)12-6-2-3-7-13(12)14/h2-9H,10,15H2,1H3. The van der Waals surface area contributed by atoms with E-state index in [1.54, 1.807) is 7.11 Å². The third kappa shape index (κ3) is 1.92. The average molecular weight is 213 g/mol. The fourth-order valence-electron chi connectivity index (χ4n) is 1.81. The lowest BCUT2D eigenvalue weighted by Gasteiger charge is -2.07. The Morgan fingerprint density at radius 2 is 1.88 bits per heavy atom. The molecule has 16 heavy (non-hydrogen) atoms. The first-order valence-electron chi connectivity index (χ1n) is 5.29. The molecule has 0 aliphatic rings. The van der Waals surface area contributed by atoms with Gasteiger partial charge >= 0.3 is 0 Å². The zero-order valence-electron chi connectivity index (χ0n) is 9.31. The molecule has 0 saturated carbocycles. The molecule has 0 unspecified atom stereocenters. The van der Waals surface area contributed by atoms with Crippen molar-refractivity contribution in [1.29, 1.82) is 0 Å². The molecule has 0 atom stereocenters. The maximum atomic E-state index is 5.47. The van der Waals surface area contributed by atoms with E-state index in [1.807, 2.05) is 36.4 Å². The fraction of sp³-hybridized carbons (Fsp3) is 0.143. The Morgan fingerprint density at radius 3 is 2.56 bits per heavy atom. The summed E-state index contributed by atoms with van der Waals surface area (Å²) in [6.07, 6.45) is 4.00. The molecule has 0 aliphatic carbocycles. The molecule has 2 nitrogen and oxygen atoms in total. The van der Waals surface area contributed by atoms with Crippen LogP contribution in [-0.2, 0) is 0 Å². The van der Waals surface area contributed by atoms with Crippen LogP contribution in [0, 0.1) is 0 Å². The molecule has 0 radical (unpaired) electrons. The monoisotopic (exact) mass is 213 g/mol. The van der Waals surface area contributed by atoms with Crippen LogP contribution >= 0.6 is 0 Å². The SMILES string of the molecule is COc1ccc(C=CCN)c2ccccc12. The molecule has 0 aromatic heterocycles. The van der Waals surface area contributed by atoms with Crippen molar-refractivity contribution in [3.63, 3.8) is 0 Å². The highest BCUT2D eigenvalue weighted by Gasteiger charge is 2.02. The van der Waals surface area contributed by atoms with Gasteiger partial charge < -0.3 is 10.5 Å². The first-order chi connectivity index (χ1) is 7.86. The second-order valence-electron chi connectivity index (χ2n) is 3.54. The van der Waals surface area contributed by atoms with Gasteiger partial charge in [0.15, 0.2) is 0 Å². The van der Waals surface area contributed by atoms with Gasteiger partial charge in [-0.2, -0.15) is 0 Å². The van der Waals surface area contributed by atoms with Gasteiger partial charge in [0.05, 0.1) is 7.11 Å². The summed E-state index contributed by atoms with van der Waals surface area (Å²) in [7, 11) is 1.69. The van der Waals surface area contributed by atoms with E-state index in [0.717, 1.165) is 11.1 Å². The number of ether oxygens (including phenoxy) is 1. The summed E-state index contributed by atoms with van der Waals surface area (Å²) < 4.78 is 5.34. The lowest BCUT2D eigenvalue weighted by atomic mass is 10.0.